The Balaban J connectivity index is 1.96. The van der Waals surface area contributed by atoms with Gasteiger partial charge >= 0.3 is 0 Å². The van der Waals surface area contributed by atoms with Crippen molar-refractivity contribution < 1.29 is 18.7 Å². The molecule has 1 aliphatic rings. The summed E-state index contributed by atoms with van der Waals surface area (Å²) in [6.45, 7) is 11.4. The van der Waals surface area contributed by atoms with Crippen molar-refractivity contribution in [3.05, 3.63) is 65.0 Å². The molecule has 2 aromatic rings. The Labute approximate surface area is 190 Å². The normalized spacial score (nSPS) is 15.8. The average molecular weight is 441 g/mol. The van der Waals surface area contributed by atoms with Crippen molar-refractivity contribution >= 4 is 11.8 Å². The van der Waals surface area contributed by atoms with E-state index in [1.165, 1.54) is 12.1 Å². The molecule has 0 radical (unpaired) electrons. The van der Waals surface area contributed by atoms with Crippen molar-refractivity contribution in [3.63, 3.8) is 0 Å². The van der Waals surface area contributed by atoms with Crippen molar-refractivity contribution in [2.75, 3.05) is 26.2 Å². The second-order valence-corrected chi connectivity index (χ2v) is 9.17. The van der Waals surface area contributed by atoms with Crippen molar-refractivity contribution in [2.45, 2.75) is 47.1 Å². The van der Waals surface area contributed by atoms with Crippen LogP contribution in [0.25, 0.3) is 0 Å². The minimum Gasteiger partial charge on any atom is -0.484 e. The third kappa shape index (κ3) is 5.12. The molecule has 0 aliphatic carbocycles. The van der Waals surface area contributed by atoms with Gasteiger partial charge in [-0.25, -0.2) is 4.39 Å². The molecule has 0 bridgehead atoms. The number of nitrogens with zero attached hydrogens (tertiary/aromatic N) is 2. The van der Waals surface area contributed by atoms with Gasteiger partial charge in [-0.15, -0.1) is 0 Å². The van der Waals surface area contributed by atoms with E-state index in [0.29, 0.717) is 25.4 Å². The second kappa shape index (κ2) is 9.72. The van der Waals surface area contributed by atoms with Gasteiger partial charge in [-0.2, -0.15) is 0 Å². The summed E-state index contributed by atoms with van der Waals surface area (Å²) in [5.74, 6) is 0.250. The van der Waals surface area contributed by atoms with Crippen LogP contribution in [0.3, 0.4) is 0 Å². The van der Waals surface area contributed by atoms with E-state index in [1.807, 2.05) is 57.7 Å². The highest BCUT2D eigenvalue weighted by atomic mass is 19.1. The Morgan fingerprint density at radius 3 is 2.34 bits per heavy atom. The molecule has 1 aliphatic heterocycles. The second-order valence-electron chi connectivity index (χ2n) is 9.17. The summed E-state index contributed by atoms with van der Waals surface area (Å²) in [7, 11) is 0. The smallest absolute Gasteiger partial charge is 0.260 e. The number of benzene rings is 2. The van der Waals surface area contributed by atoms with Gasteiger partial charge in [0.25, 0.3) is 5.91 Å². The molecular weight excluding hydrogens is 407 g/mol. The van der Waals surface area contributed by atoms with Crippen LogP contribution in [0, 0.1) is 11.2 Å². The summed E-state index contributed by atoms with van der Waals surface area (Å²) in [6, 6.07) is 11.8. The number of hydrogen-bond acceptors (Lipinski definition) is 3. The van der Waals surface area contributed by atoms with E-state index in [-0.39, 0.29) is 30.3 Å². The van der Waals surface area contributed by atoms with Crippen LogP contribution in [-0.4, -0.2) is 47.9 Å². The van der Waals surface area contributed by atoms with E-state index in [9.17, 15) is 14.0 Å². The highest BCUT2D eigenvalue weighted by Crippen LogP contribution is 2.39. The van der Waals surface area contributed by atoms with Gasteiger partial charge in [-0.1, -0.05) is 39.0 Å². The zero-order chi connectivity index (χ0) is 23.5. The minimum atomic E-state index is -0.542. The van der Waals surface area contributed by atoms with Crippen LogP contribution in [0.1, 0.15) is 57.4 Å². The van der Waals surface area contributed by atoms with Crippen LogP contribution in [0.4, 0.5) is 4.39 Å². The Morgan fingerprint density at radius 1 is 1.09 bits per heavy atom. The van der Waals surface area contributed by atoms with E-state index < -0.39 is 5.41 Å². The predicted molar refractivity (Wildman–Crippen MR) is 123 cm³/mol. The molecule has 1 unspecified atom stereocenters. The molecule has 3 rings (SSSR count). The molecule has 0 saturated heterocycles. The number of likely N-dealkylation sites (N-methyl/N-ethyl adjacent to an activating group) is 1. The number of amides is 2. The van der Waals surface area contributed by atoms with Gasteiger partial charge in [0, 0.05) is 25.0 Å². The molecular formula is C26H33FN2O3. The van der Waals surface area contributed by atoms with Gasteiger partial charge in [0.1, 0.15) is 11.6 Å². The zero-order valence-electron chi connectivity index (χ0n) is 19.7. The fourth-order valence-corrected chi connectivity index (χ4v) is 4.15. The number of ether oxygens (including phenoxy) is 1. The molecule has 0 aromatic heterocycles. The van der Waals surface area contributed by atoms with Crippen LogP contribution >= 0.6 is 0 Å². The summed E-state index contributed by atoms with van der Waals surface area (Å²) in [5.41, 5.74) is 2.38. The minimum absolute atomic E-state index is 0.0354. The molecule has 1 heterocycles. The number of hydrogen-bond donors (Lipinski definition) is 0. The van der Waals surface area contributed by atoms with Gasteiger partial charge in [0.05, 0.1) is 6.04 Å². The largest absolute Gasteiger partial charge is 0.484 e. The lowest BCUT2D eigenvalue weighted by molar-refractivity contribution is -0.141. The van der Waals surface area contributed by atoms with Crippen LogP contribution in [-0.2, 0) is 16.0 Å². The SMILES string of the molecule is CCN(CC)C(=O)COc1ccc2c(c1)C(c1ccc(F)cc1)N(C(=O)C(C)(C)C)CC2. The van der Waals surface area contributed by atoms with Gasteiger partial charge in [0.2, 0.25) is 5.91 Å². The maximum atomic E-state index is 13.6. The number of carbonyl (C=O) groups is 2. The number of halogens is 1. The van der Waals surface area contributed by atoms with Crippen molar-refractivity contribution in [2.24, 2.45) is 5.41 Å². The summed E-state index contributed by atoms with van der Waals surface area (Å²) in [4.78, 5) is 29.2. The van der Waals surface area contributed by atoms with Gasteiger partial charge in [-0.3, -0.25) is 9.59 Å². The summed E-state index contributed by atoms with van der Waals surface area (Å²) >= 11 is 0. The van der Waals surface area contributed by atoms with E-state index in [0.717, 1.165) is 23.1 Å². The first-order chi connectivity index (χ1) is 15.2. The third-order valence-corrected chi connectivity index (χ3v) is 5.91. The predicted octanol–water partition coefficient (Wildman–Crippen LogP) is 4.59. The van der Waals surface area contributed by atoms with Crippen molar-refractivity contribution in [1.29, 1.82) is 0 Å². The molecule has 1 atom stereocenters. The fourth-order valence-electron chi connectivity index (χ4n) is 4.15. The summed E-state index contributed by atoms with van der Waals surface area (Å²) in [5, 5.41) is 0. The molecule has 0 spiro atoms. The van der Waals surface area contributed by atoms with Gasteiger partial charge in [0.15, 0.2) is 6.61 Å². The van der Waals surface area contributed by atoms with E-state index >= 15 is 0 Å². The number of fused-ring (bicyclic) bond motifs is 1. The average Bonchev–Trinajstić information content (AvgIpc) is 2.77. The maximum Gasteiger partial charge on any atom is 0.260 e. The third-order valence-electron chi connectivity index (χ3n) is 5.91. The molecule has 32 heavy (non-hydrogen) atoms. The zero-order valence-corrected chi connectivity index (χ0v) is 19.7. The van der Waals surface area contributed by atoms with Gasteiger partial charge < -0.3 is 14.5 Å². The van der Waals surface area contributed by atoms with Crippen LogP contribution in [0.5, 0.6) is 5.75 Å². The van der Waals surface area contributed by atoms with E-state index in [1.54, 1.807) is 17.0 Å². The lowest BCUT2D eigenvalue weighted by atomic mass is 9.85. The molecule has 2 amide bonds. The standard InChI is InChI=1S/C26H33FN2O3/c1-6-28(7-2)23(30)17-32-21-13-10-18-14-15-29(25(31)26(3,4)5)24(22(18)16-21)19-8-11-20(27)12-9-19/h8-13,16,24H,6-7,14-15,17H2,1-5H3. The molecule has 0 N–H and O–H groups in total. The van der Waals surface area contributed by atoms with Crippen LogP contribution in [0.15, 0.2) is 42.5 Å². The van der Waals surface area contributed by atoms with Crippen molar-refractivity contribution in [3.8, 4) is 5.75 Å². The number of rotatable bonds is 6. The van der Waals surface area contributed by atoms with E-state index in [4.69, 9.17) is 4.74 Å². The highest BCUT2D eigenvalue weighted by Gasteiger charge is 2.37. The lowest BCUT2D eigenvalue weighted by Gasteiger charge is -2.41. The first-order valence-electron chi connectivity index (χ1n) is 11.3. The highest BCUT2D eigenvalue weighted by molar-refractivity contribution is 5.83. The Kier molecular flexibility index (Phi) is 7.22. The Morgan fingerprint density at radius 2 is 1.75 bits per heavy atom. The fraction of sp³-hybridized carbons (Fsp3) is 0.462. The molecule has 172 valence electrons. The molecule has 5 nitrogen and oxygen atoms in total. The maximum absolute atomic E-state index is 13.6. The Bertz CT molecular complexity index is 962. The number of carbonyl (C=O) groups excluding carboxylic acids is 2. The monoisotopic (exact) mass is 440 g/mol. The molecule has 0 saturated carbocycles. The first-order valence-corrected chi connectivity index (χ1v) is 11.3. The van der Waals surface area contributed by atoms with Crippen LogP contribution < -0.4 is 4.74 Å². The molecule has 2 aromatic carbocycles. The summed E-state index contributed by atoms with van der Waals surface area (Å²) < 4.78 is 19.5. The topological polar surface area (TPSA) is 49.9 Å². The quantitative estimate of drug-likeness (QED) is 0.660. The first kappa shape index (κ1) is 23.8. The van der Waals surface area contributed by atoms with Crippen molar-refractivity contribution in [1.82, 2.24) is 9.80 Å². The molecule has 0 fully saturated rings. The Hall–Kier alpha value is -2.89. The van der Waals surface area contributed by atoms with E-state index in [2.05, 4.69) is 0 Å². The summed E-state index contributed by atoms with van der Waals surface area (Å²) in [6.07, 6.45) is 0.730. The van der Waals surface area contributed by atoms with Gasteiger partial charge in [-0.05, 0) is 61.2 Å². The molecule has 6 heteroatoms. The van der Waals surface area contributed by atoms with Crippen LogP contribution in [0.2, 0.25) is 0 Å². The lowest BCUT2D eigenvalue weighted by Crippen LogP contribution is -2.45.